The van der Waals surface area contributed by atoms with Crippen molar-refractivity contribution in [3.05, 3.63) is 54.6 Å². The predicted molar refractivity (Wildman–Crippen MR) is 75.1 cm³/mol. The molecule has 7 heteroatoms. The highest BCUT2D eigenvalue weighted by Gasteiger charge is 2.65. The van der Waals surface area contributed by atoms with E-state index >= 15 is 0 Å². The van der Waals surface area contributed by atoms with Gasteiger partial charge in [-0.1, -0.05) is 49.8 Å². The molecule has 112 valence electrons. The average Bonchev–Trinajstić information content (AvgIpc) is 2.80. The van der Waals surface area contributed by atoms with Crippen LogP contribution in [0.4, 0.5) is 19.4 Å². The molecule has 0 radical (unpaired) electrons. The second-order valence-corrected chi connectivity index (χ2v) is 7.18. The van der Waals surface area contributed by atoms with E-state index in [0.29, 0.717) is 23.3 Å². The first-order chi connectivity index (χ1) is 9.53. The van der Waals surface area contributed by atoms with Crippen LogP contribution in [0.3, 0.4) is 0 Å². The van der Waals surface area contributed by atoms with Gasteiger partial charge >= 0.3 is 10.2 Å². The largest absolute Gasteiger partial charge is 0.355 e. The fourth-order valence-electron chi connectivity index (χ4n) is 2.12. The molecule has 0 amide bonds. The van der Waals surface area contributed by atoms with Crippen molar-refractivity contribution < 1.29 is 19.4 Å². The van der Waals surface area contributed by atoms with Crippen molar-refractivity contribution in [3.63, 3.8) is 0 Å². The molecule has 3 aromatic rings. The molecule has 0 bridgehead atoms. The number of H-pyrrole nitrogens is 1. The fraction of sp³-hybridized carbons (Fsp3) is 0. The van der Waals surface area contributed by atoms with E-state index in [0.717, 1.165) is 11.6 Å². The van der Waals surface area contributed by atoms with Crippen LogP contribution in [0, 0.1) is 0 Å². The number of nitrogens with one attached hydrogen (secondary N) is 1. The second-order valence-electron chi connectivity index (χ2n) is 4.77. The summed E-state index contributed by atoms with van der Waals surface area (Å²) < 4.78 is 64.0. The quantitative estimate of drug-likeness (QED) is 0.519. The molecule has 1 nitrogen and oxygen atoms in total. The highest BCUT2D eigenvalue weighted by atomic mass is 32.5. The summed E-state index contributed by atoms with van der Waals surface area (Å²) >= 11 is 0. The number of halogens is 5. The minimum atomic E-state index is -9.64. The zero-order chi connectivity index (χ0) is 15.4. The van der Waals surface area contributed by atoms with Crippen molar-refractivity contribution in [3.8, 4) is 11.3 Å². The third kappa shape index (κ3) is 2.73. The van der Waals surface area contributed by atoms with E-state index < -0.39 is 15.1 Å². The Morgan fingerprint density at radius 3 is 2.05 bits per heavy atom. The molecule has 1 aromatic heterocycles. The molecule has 0 spiro atoms. The molecular formula is C14H10F5NS. The third-order valence-electron chi connectivity index (χ3n) is 3.12. The SMILES string of the molecule is FS(F)(F)(F)(F)c1ccc2[nH]c(-c3ccccc3)cc2c1. The summed E-state index contributed by atoms with van der Waals surface area (Å²) in [4.78, 5) is 1.04. The maximum atomic E-state index is 12.8. The Morgan fingerprint density at radius 1 is 0.762 bits per heavy atom. The van der Waals surface area contributed by atoms with Crippen LogP contribution in [0.1, 0.15) is 0 Å². The van der Waals surface area contributed by atoms with Crippen LogP contribution >= 0.6 is 10.2 Å². The highest BCUT2D eigenvalue weighted by molar-refractivity contribution is 8.45. The van der Waals surface area contributed by atoms with Crippen LogP contribution in [0.5, 0.6) is 0 Å². The van der Waals surface area contributed by atoms with Gasteiger partial charge in [0.25, 0.3) is 0 Å². The molecule has 0 aliphatic carbocycles. The number of benzene rings is 2. The summed E-state index contributed by atoms with van der Waals surface area (Å²) in [7, 11) is -9.64. The van der Waals surface area contributed by atoms with Crippen LogP contribution in [0.15, 0.2) is 59.5 Å². The summed E-state index contributed by atoms with van der Waals surface area (Å²) in [5.74, 6) is 0. The summed E-state index contributed by atoms with van der Waals surface area (Å²) in [6.07, 6.45) is 0. The van der Waals surface area contributed by atoms with E-state index in [1.165, 1.54) is 6.07 Å². The number of aromatic nitrogens is 1. The Kier molecular flexibility index (Phi) is 2.39. The van der Waals surface area contributed by atoms with E-state index in [9.17, 15) is 19.4 Å². The lowest BCUT2D eigenvalue weighted by Gasteiger charge is -2.40. The van der Waals surface area contributed by atoms with Gasteiger partial charge in [0.2, 0.25) is 0 Å². The lowest BCUT2D eigenvalue weighted by molar-refractivity contribution is 0.364. The molecule has 21 heavy (non-hydrogen) atoms. The molecule has 0 aliphatic heterocycles. The number of hydrogen-bond acceptors (Lipinski definition) is 0. The monoisotopic (exact) mass is 319 g/mol. The number of rotatable bonds is 2. The molecule has 0 aliphatic rings. The first-order valence-corrected chi connectivity index (χ1v) is 7.90. The van der Waals surface area contributed by atoms with Crippen LogP contribution in [-0.2, 0) is 0 Å². The van der Waals surface area contributed by atoms with Crippen molar-refractivity contribution in [1.82, 2.24) is 4.98 Å². The van der Waals surface area contributed by atoms with E-state index in [4.69, 9.17) is 0 Å². The minimum absolute atomic E-state index is 0.0969. The molecule has 0 saturated heterocycles. The highest BCUT2D eigenvalue weighted by Crippen LogP contribution is 3.02. The third-order valence-corrected chi connectivity index (χ3v) is 4.27. The molecular weight excluding hydrogens is 309 g/mol. The normalized spacial score (nSPS) is 15.7. The van der Waals surface area contributed by atoms with Gasteiger partial charge in [-0.05, 0) is 29.8 Å². The molecule has 0 atom stereocenters. The summed E-state index contributed by atoms with van der Waals surface area (Å²) in [6.45, 7) is 0. The van der Waals surface area contributed by atoms with Gasteiger partial charge in [0, 0.05) is 16.6 Å². The van der Waals surface area contributed by atoms with E-state index in [1.807, 2.05) is 0 Å². The van der Waals surface area contributed by atoms with Gasteiger partial charge in [-0.25, -0.2) is 0 Å². The maximum Gasteiger partial charge on any atom is 0.310 e. The zero-order valence-electron chi connectivity index (χ0n) is 10.5. The first-order valence-electron chi connectivity index (χ1n) is 5.95. The predicted octanol–water partition coefficient (Wildman–Crippen LogP) is 6.49. The Labute approximate surface area is 117 Å². The molecule has 0 fully saturated rings. The Hall–Kier alpha value is -2.02. The number of fused-ring (bicyclic) bond motifs is 1. The smallest absolute Gasteiger partial charge is 0.310 e. The molecule has 2 aromatic carbocycles. The first kappa shape index (κ1) is 13.9. The minimum Gasteiger partial charge on any atom is -0.355 e. The topological polar surface area (TPSA) is 15.8 Å². The lowest BCUT2D eigenvalue weighted by atomic mass is 10.1. The van der Waals surface area contributed by atoms with Crippen molar-refractivity contribution in [2.75, 3.05) is 0 Å². The van der Waals surface area contributed by atoms with Crippen molar-refractivity contribution in [2.24, 2.45) is 0 Å². The molecule has 0 unspecified atom stereocenters. The van der Waals surface area contributed by atoms with Crippen LogP contribution in [0.2, 0.25) is 0 Å². The van der Waals surface area contributed by atoms with E-state index in [-0.39, 0.29) is 5.39 Å². The second kappa shape index (κ2) is 3.59. The van der Waals surface area contributed by atoms with E-state index in [1.54, 1.807) is 30.3 Å². The summed E-state index contributed by atoms with van der Waals surface area (Å²) in [5.41, 5.74) is 1.71. The van der Waals surface area contributed by atoms with Gasteiger partial charge in [0.15, 0.2) is 0 Å². The van der Waals surface area contributed by atoms with Crippen LogP contribution in [-0.4, -0.2) is 4.98 Å². The summed E-state index contributed by atoms with van der Waals surface area (Å²) in [5, 5.41) is 0.0969. The van der Waals surface area contributed by atoms with Crippen molar-refractivity contribution in [1.29, 1.82) is 0 Å². The summed E-state index contributed by atoms with van der Waals surface area (Å²) in [6, 6.07) is 12.3. The maximum absolute atomic E-state index is 12.8. The Bertz CT molecular complexity index is 821. The van der Waals surface area contributed by atoms with Gasteiger partial charge in [0.05, 0.1) is 0 Å². The van der Waals surface area contributed by atoms with Gasteiger partial charge in [0.1, 0.15) is 4.90 Å². The average molecular weight is 319 g/mol. The standard InChI is InChI=1S/C14H10F5NS/c15-21(16,17,18,19)12-6-7-13-11(8-12)9-14(20-13)10-4-2-1-3-5-10/h1-9,20H. The Morgan fingerprint density at radius 2 is 1.43 bits per heavy atom. The van der Waals surface area contributed by atoms with Crippen molar-refractivity contribution in [2.45, 2.75) is 4.90 Å². The van der Waals surface area contributed by atoms with Crippen LogP contribution in [0.25, 0.3) is 22.2 Å². The van der Waals surface area contributed by atoms with Crippen LogP contribution < -0.4 is 0 Å². The van der Waals surface area contributed by atoms with E-state index in [2.05, 4.69) is 4.98 Å². The van der Waals surface area contributed by atoms with Gasteiger partial charge in [-0.2, -0.15) is 0 Å². The lowest BCUT2D eigenvalue weighted by Crippen LogP contribution is -2.05. The van der Waals surface area contributed by atoms with Gasteiger partial charge < -0.3 is 4.98 Å². The van der Waals surface area contributed by atoms with Gasteiger partial charge in [-0.3, -0.25) is 0 Å². The Balaban J connectivity index is 2.17. The molecule has 0 saturated carbocycles. The molecule has 1 heterocycles. The van der Waals surface area contributed by atoms with Crippen molar-refractivity contribution >= 4 is 21.1 Å². The number of aromatic amines is 1. The fourth-order valence-corrected chi connectivity index (χ4v) is 2.80. The number of hydrogen-bond donors (Lipinski definition) is 1. The molecule has 3 rings (SSSR count). The van der Waals surface area contributed by atoms with Gasteiger partial charge in [-0.15, -0.1) is 0 Å². The molecule has 1 N–H and O–H groups in total. The zero-order valence-corrected chi connectivity index (χ0v) is 11.3.